The van der Waals surface area contributed by atoms with Gasteiger partial charge >= 0.3 is 12.2 Å². The average Bonchev–Trinajstić information content (AvgIpc) is 2.68. The maximum Gasteiger partial charge on any atom is 0.416 e. The Morgan fingerprint density at radius 1 is 1.22 bits per heavy atom. The molecular formula is C18H20F3N5O. The predicted octanol–water partition coefficient (Wildman–Crippen LogP) is 3.38. The lowest BCUT2D eigenvalue weighted by atomic mass is 10.1. The highest BCUT2D eigenvalue weighted by molar-refractivity contribution is 5.88. The molecule has 1 aromatic heterocycles. The van der Waals surface area contributed by atoms with Gasteiger partial charge in [0, 0.05) is 18.7 Å². The van der Waals surface area contributed by atoms with E-state index in [-0.39, 0.29) is 17.9 Å². The SMILES string of the molecule is CN(C(=O)Nc1cnc(-c2cccc(C(F)(F)F)c2)cn1)C1CCNCC1. The fourth-order valence-electron chi connectivity index (χ4n) is 2.95. The number of amides is 2. The second kappa shape index (κ2) is 7.91. The zero-order chi connectivity index (χ0) is 19.4. The van der Waals surface area contributed by atoms with Gasteiger partial charge in [0.1, 0.15) is 0 Å². The highest BCUT2D eigenvalue weighted by Gasteiger charge is 2.30. The number of nitrogens with one attached hydrogen (secondary N) is 2. The zero-order valence-corrected chi connectivity index (χ0v) is 14.8. The molecular weight excluding hydrogens is 359 g/mol. The average molecular weight is 379 g/mol. The molecule has 0 bridgehead atoms. The number of anilines is 1. The topological polar surface area (TPSA) is 70.2 Å². The van der Waals surface area contributed by atoms with E-state index in [0.29, 0.717) is 11.3 Å². The number of hydrogen-bond acceptors (Lipinski definition) is 4. The maximum absolute atomic E-state index is 12.8. The number of piperidine rings is 1. The quantitative estimate of drug-likeness (QED) is 0.858. The van der Waals surface area contributed by atoms with E-state index in [4.69, 9.17) is 0 Å². The van der Waals surface area contributed by atoms with E-state index in [2.05, 4.69) is 20.6 Å². The molecule has 2 N–H and O–H groups in total. The molecule has 2 amide bonds. The summed E-state index contributed by atoms with van der Waals surface area (Å²) in [7, 11) is 1.73. The number of urea groups is 1. The molecule has 27 heavy (non-hydrogen) atoms. The van der Waals surface area contributed by atoms with Crippen molar-refractivity contribution >= 4 is 11.8 Å². The molecule has 3 rings (SSSR count). The normalized spacial score (nSPS) is 15.4. The first kappa shape index (κ1) is 19.1. The molecule has 0 aliphatic carbocycles. The summed E-state index contributed by atoms with van der Waals surface area (Å²) in [5.74, 6) is 0.247. The van der Waals surface area contributed by atoms with Crippen LogP contribution < -0.4 is 10.6 Å². The number of carbonyl (C=O) groups is 1. The van der Waals surface area contributed by atoms with Crippen LogP contribution in [0.4, 0.5) is 23.8 Å². The van der Waals surface area contributed by atoms with Crippen molar-refractivity contribution in [1.29, 1.82) is 0 Å². The molecule has 1 aromatic carbocycles. The smallest absolute Gasteiger partial charge is 0.324 e. The molecule has 0 spiro atoms. The van der Waals surface area contributed by atoms with Crippen molar-refractivity contribution < 1.29 is 18.0 Å². The third-order valence-electron chi connectivity index (χ3n) is 4.55. The summed E-state index contributed by atoms with van der Waals surface area (Å²) in [5.41, 5.74) is -0.143. The molecule has 1 fully saturated rings. The minimum absolute atomic E-state index is 0.156. The first-order chi connectivity index (χ1) is 12.8. The molecule has 0 radical (unpaired) electrons. The summed E-state index contributed by atoms with van der Waals surface area (Å²) >= 11 is 0. The van der Waals surface area contributed by atoms with Crippen LogP contribution in [-0.4, -0.2) is 47.1 Å². The van der Waals surface area contributed by atoms with Crippen LogP contribution in [0.15, 0.2) is 36.7 Å². The molecule has 0 saturated carbocycles. The Balaban J connectivity index is 1.67. The van der Waals surface area contributed by atoms with Crippen molar-refractivity contribution in [3.63, 3.8) is 0 Å². The van der Waals surface area contributed by atoms with Crippen molar-refractivity contribution in [3.05, 3.63) is 42.2 Å². The third-order valence-corrected chi connectivity index (χ3v) is 4.55. The Morgan fingerprint density at radius 2 is 1.96 bits per heavy atom. The molecule has 144 valence electrons. The van der Waals surface area contributed by atoms with Gasteiger partial charge in [0.15, 0.2) is 5.82 Å². The van der Waals surface area contributed by atoms with Gasteiger partial charge < -0.3 is 10.2 Å². The third kappa shape index (κ3) is 4.73. The molecule has 1 saturated heterocycles. The van der Waals surface area contributed by atoms with Crippen LogP contribution >= 0.6 is 0 Å². The van der Waals surface area contributed by atoms with E-state index in [1.165, 1.54) is 24.5 Å². The maximum atomic E-state index is 12.8. The summed E-state index contributed by atoms with van der Waals surface area (Å²) in [6.45, 7) is 1.74. The van der Waals surface area contributed by atoms with Gasteiger partial charge in [0.2, 0.25) is 0 Å². The summed E-state index contributed by atoms with van der Waals surface area (Å²) in [6, 6.07) is 4.74. The largest absolute Gasteiger partial charge is 0.416 e. The van der Waals surface area contributed by atoms with Gasteiger partial charge in [-0.05, 0) is 38.1 Å². The second-order valence-corrected chi connectivity index (χ2v) is 6.39. The minimum atomic E-state index is -4.42. The van der Waals surface area contributed by atoms with E-state index >= 15 is 0 Å². The number of nitrogens with zero attached hydrogens (tertiary/aromatic N) is 3. The van der Waals surface area contributed by atoms with E-state index in [9.17, 15) is 18.0 Å². The lowest BCUT2D eigenvalue weighted by Gasteiger charge is -2.31. The number of rotatable bonds is 3. The summed E-state index contributed by atoms with van der Waals surface area (Å²) in [6.07, 6.45) is 0.0180. The lowest BCUT2D eigenvalue weighted by Crippen LogP contribution is -2.45. The van der Waals surface area contributed by atoms with Crippen LogP contribution in [0.25, 0.3) is 11.3 Å². The van der Waals surface area contributed by atoms with Crippen molar-refractivity contribution in [2.75, 3.05) is 25.5 Å². The first-order valence-corrected chi connectivity index (χ1v) is 8.59. The van der Waals surface area contributed by atoms with Gasteiger partial charge in [0.25, 0.3) is 0 Å². The molecule has 1 aliphatic heterocycles. The molecule has 0 atom stereocenters. The van der Waals surface area contributed by atoms with Gasteiger partial charge in [0.05, 0.1) is 23.7 Å². The van der Waals surface area contributed by atoms with Crippen molar-refractivity contribution in [3.8, 4) is 11.3 Å². The number of carbonyl (C=O) groups excluding carboxylic acids is 1. The lowest BCUT2D eigenvalue weighted by molar-refractivity contribution is -0.137. The molecule has 9 heteroatoms. The Bertz CT molecular complexity index is 788. The van der Waals surface area contributed by atoms with Crippen molar-refractivity contribution in [2.45, 2.75) is 25.1 Å². The standard InChI is InChI=1S/C18H20F3N5O/c1-26(14-5-7-22-8-6-14)17(27)25-16-11-23-15(10-24-16)12-3-2-4-13(9-12)18(19,20)21/h2-4,9-11,14,22H,5-8H2,1H3,(H,24,25,27). The Labute approximate surface area is 154 Å². The van der Waals surface area contributed by atoms with E-state index < -0.39 is 11.7 Å². The fourth-order valence-corrected chi connectivity index (χ4v) is 2.95. The number of benzene rings is 1. The molecule has 2 aromatic rings. The highest BCUT2D eigenvalue weighted by Crippen LogP contribution is 2.31. The van der Waals surface area contributed by atoms with Gasteiger partial charge in [-0.2, -0.15) is 13.2 Å². The Kier molecular flexibility index (Phi) is 5.59. The van der Waals surface area contributed by atoms with Gasteiger partial charge in [-0.15, -0.1) is 0 Å². The second-order valence-electron chi connectivity index (χ2n) is 6.39. The Morgan fingerprint density at radius 3 is 2.59 bits per heavy atom. The van der Waals surface area contributed by atoms with Crippen LogP contribution in [0, 0.1) is 0 Å². The highest BCUT2D eigenvalue weighted by atomic mass is 19.4. The summed E-state index contributed by atoms with van der Waals surface area (Å²) < 4.78 is 38.5. The van der Waals surface area contributed by atoms with Gasteiger partial charge in [-0.1, -0.05) is 12.1 Å². The number of hydrogen-bond donors (Lipinski definition) is 2. The van der Waals surface area contributed by atoms with E-state index in [1.807, 2.05) is 0 Å². The van der Waals surface area contributed by atoms with Crippen LogP contribution in [-0.2, 0) is 6.18 Å². The molecule has 6 nitrogen and oxygen atoms in total. The Hall–Kier alpha value is -2.68. The van der Waals surface area contributed by atoms with Crippen LogP contribution in [0.2, 0.25) is 0 Å². The summed E-state index contributed by atoms with van der Waals surface area (Å²) in [5, 5.41) is 5.91. The van der Waals surface area contributed by atoms with Crippen molar-refractivity contribution in [2.24, 2.45) is 0 Å². The van der Waals surface area contributed by atoms with Crippen molar-refractivity contribution in [1.82, 2.24) is 20.2 Å². The van der Waals surface area contributed by atoms with Crippen LogP contribution in [0.1, 0.15) is 18.4 Å². The van der Waals surface area contributed by atoms with Gasteiger partial charge in [-0.25, -0.2) is 9.78 Å². The monoisotopic (exact) mass is 379 g/mol. The number of alkyl halides is 3. The van der Waals surface area contributed by atoms with E-state index in [0.717, 1.165) is 38.1 Å². The van der Waals surface area contributed by atoms with Crippen LogP contribution in [0.3, 0.4) is 0 Å². The predicted molar refractivity (Wildman–Crippen MR) is 95.1 cm³/mol. The van der Waals surface area contributed by atoms with Gasteiger partial charge in [-0.3, -0.25) is 10.3 Å². The first-order valence-electron chi connectivity index (χ1n) is 8.59. The summed E-state index contributed by atoms with van der Waals surface area (Å²) in [4.78, 5) is 22.2. The molecule has 1 aliphatic rings. The fraction of sp³-hybridized carbons (Fsp3) is 0.389. The van der Waals surface area contributed by atoms with E-state index in [1.54, 1.807) is 11.9 Å². The minimum Gasteiger partial charge on any atom is -0.324 e. The molecule has 0 unspecified atom stereocenters. The number of halogens is 3. The molecule has 2 heterocycles. The zero-order valence-electron chi connectivity index (χ0n) is 14.8. The van der Waals surface area contributed by atoms with Crippen LogP contribution in [0.5, 0.6) is 0 Å². The number of aromatic nitrogens is 2.